The molecular weight excluding hydrogens is 373 g/mol. The number of hydrogen-bond acceptors (Lipinski definition) is 5. The predicted molar refractivity (Wildman–Crippen MR) is 96.8 cm³/mol. The molecule has 3 heterocycles. The minimum Gasteiger partial charge on any atom is -0.348 e. The quantitative estimate of drug-likeness (QED) is 0.673. The van der Waals surface area contributed by atoms with Crippen LogP contribution in [0.15, 0.2) is 41.3 Å². The second-order valence-corrected chi connectivity index (χ2v) is 6.35. The summed E-state index contributed by atoms with van der Waals surface area (Å²) < 4.78 is 39.6. The summed E-state index contributed by atoms with van der Waals surface area (Å²) in [6, 6.07) is 7.63. The number of anilines is 1. The maximum absolute atomic E-state index is 12.8. The van der Waals surface area contributed by atoms with Crippen molar-refractivity contribution in [2.75, 3.05) is 5.32 Å². The maximum atomic E-state index is 12.8. The molecule has 0 saturated carbocycles. The van der Waals surface area contributed by atoms with Crippen LogP contribution in [-0.2, 0) is 19.1 Å². The number of pyridine rings is 1. The number of rotatable bonds is 6. The van der Waals surface area contributed by atoms with Gasteiger partial charge in [-0.05, 0) is 32.0 Å². The number of halogens is 3. The summed E-state index contributed by atoms with van der Waals surface area (Å²) in [5.74, 6) is 0.272. The number of nitrogens with zero attached hydrogens (tertiary/aromatic N) is 4. The van der Waals surface area contributed by atoms with Gasteiger partial charge in [0.15, 0.2) is 5.69 Å². The van der Waals surface area contributed by atoms with Crippen LogP contribution in [-0.4, -0.2) is 24.7 Å². The van der Waals surface area contributed by atoms with E-state index in [4.69, 9.17) is 0 Å². The number of aromatic amines is 1. The lowest BCUT2D eigenvalue weighted by Gasteiger charge is -2.14. The van der Waals surface area contributed by atoms with Crippen LogP contribution in [0.5, 0.6) is 0 Å². The van der Waals surface area contributed by atoms with Gasteiger partial charge in [0.1, 0.15) is 0 Å². The number of aromatic nitrogens is 5. The smallest absolute Gasteiger partial charge is 0.348 e. The SMILES string of the molecule is Cc1cc(C(F)(F)F)nn1CCc1cc(=O)[nH]c(N[C@H](C)c2ccccn2)n1. The molecule has 10 heteroatoms. The molecule has 0 bridgehead atoms. The van der Waals surface area contributed by atoms with E-state index < -0.39 is 11.9 Å². The first-order valence-electron chi connectivity index (χ1n) is 8.62. The number of hydrogen-bond donors (Lipinski definition) is 2. The summed E-state index contributed by atoms with van der Waals surface area (Å²) in [4.78, 5) is 23.1. The van der Waals surface area contributed by atoms with Gasteiger partial charge in [-0.3, -0.25) is 19.4 Å². The minimum atomic E-state index is -4.49. The molecule has 0 aliphatic heterocycles. The summed E-state index contributed by atoms with van der Waals surface area (Å²) in [7, 11) is 0. The summed E-state index contributed by atoms with van der Waals surface area (Å²) in [5.41, 5.74) is 0.328. The zero-order chi connectivity index (χ0) is 20.3. The molecule has 1 atom stereocenters. The molecule has 0 radical (unpaired) electrons. The zero-order valence-corrected chi connectivity index (χ0v) is 15.3. The second-order valence-electron chi connectivity index (χ2n) is 6.35. The third kappa shape index (κ3) is 4.76. The Hall–Kier alpha value is -3.17. The van der Waals surface area contributed by atoms with E-state index in [1.807, 2.05) is 19.1 Å². The Bertz CT molecular complexity index is 997. The molecule has 0 aliphatic rings. The van der Waals surface area contributed by atoms with Crippen LogP contribution in [0.1, 0.15) is 35.7 Å². The lowest BCUT2D eigenvalue weighted by atomic mass is 10.2. The van der Waals surface area contributed by atoms with E-state index in [-0.39, 0.29) is 30.5 Å². The third-order valence-corrected chi connectivity index (χ3v) is 4.13. The van der Waals surface area contributed by atoms with Crippen molar-refractivity contribution in [2.24, 2.45) is 0 Å². The second kappa shape index (κ2) is 7.83. The first-order valence-corrected chi connectivity index (χ1v) is 8.62. The number of alkyl halides is 3. The molecule has 0 fully saturated rings. The van der Waals surface area contributed by atoms with Gasteiger partial charge in [-0.2, -0.15) is 18.3 Å². The zero-order valence-electron chi connectivity index (χ0n) is 15.3. The van der Waals surface area contributed by atoms with Crippen molar-refractivity contribution in [1.82, 2.24) is 24.7 Å². The molecule has 0 aliphatic carbocycles. The lowest BCUT2D eigenvalue weighted by Crippen LogP contribution is -2.18. The highest BCUT2D eigenvalue weighted by Gasteiger charge is 2.34. The van der Waals surface area contributed by atoms with Gasteiger partial charge in [0.05, 0.1) is 17.4 Å². The predicted octanol–water partition coefficient (Wildman–Crippen LogP) is 3.10. The number of nitrogens with one attached hydrogen (secondary N) is 2. The van der Waals surface area contributed by atoms with E-state index in [1.54, 1.807) is 19.2 Å². The van der Waals surface area contributed by atoms with Gasteiger partial charge in [-0.15, -0.1) is 0 Å². The Balaban J connectivity index is 1.72. The summed E-state index contributed by atoms with van der Waals surface area (Å²) >= 11 is 0. The molecule has 0 saturated heterocycles. The van der Waals surface area contributed by atoms with Gasteiger partial charge in [0, 0.05) is 30.9 Å². The molecule has 0 amide bonds. The average molecular weight is 392 g/mol. The van der Waals surface area contributed by atoms with Crippen LogP contribution < -0.4 is 10.9 Å². The molecule has 0 unspecified atom stereocenters. The van der Waals surface area contributed by atoms with Gasteiger partial charge in [-0.1, -0.05) is 6.07 Å². The number of aryl methyl sites for hydroxylation is 3. The van der Waals surface area contributed by atoms with E-state index in [0.29, 0.717) is 11.4 Å². The van der Waals surface area contributed by atoms with Gasteiger partial charge >= 0.3 is 6.18 Å². The van der Waals surface area contributed by atoms with Crippen molar-refractivity contribution in [1.29, 1.82) is 0 Å². The Labute approximate surface area is 158 Å². The highest BCUT2D eigenvalue weighted by atomic mass is 19.4. The van der Waals surface area contributed by atoms with Crippen molar-refractivity contribution in [2.45, 2.75) is 39.0 Å². The molecular formula is C18H19F3N6O. The molecule has 2 N–H and O–H groups in total. The fraction of sp³-hybridized carbons (Fsp3) is 0.333. The Kier molecular flexibility index (Phi) is 5.48. The van der Waals surface area contributed by atoms with E-state index >= 15 is 0 Å². The highest BCUT2D eigenvalue weighted by Crippen LogP contribution is 2.28. The molecule has 3 aromatic rings. The Morgan fingerprint density at radius 1 is 1.29 bits per heavy atom. The van der Waals surface area contributed by atoms with Crippen molar-refractivity contribution >= 4 is 5.95 Å². The van der Waals surface area contributed by atoms with Crippen LogP contribution in [0.2, 0.25) is 0 Å². The molecule has 148 valence electrons. The molecule has 28 heavy (non-hydrogen) atoms. The summed E-state index contributed by atoms with van der Waals surface area (Å²) in [6.45, 7) is 3.60. The topological polar surface area (TPSA) is 88.5 Å². The maximum Gasteiger partial charge on any atom is 0.435 e. The van der Waals surface area contributed by atoms with Crippen molar-refractivity contribution in [3.63, 3.8) is 0 Å². The Morgan fingerprint density at radius 3 is 2.71 bits per heavy atom. The number of H-pyrrole nitrogens is 1. The van der Waals surface area contributed by atoms with E-state index in [0.717, 1.165) is 11.8 Å². The molecule has 7 nitrogen and oxygen atoms in total. The first-order chi connectivity index (χ1) is 13.2. The van der Waals surface area contributed by atoms with E-state index in [2.05, 4.69) is 25.4 Å². The minimum absolute atomic E-state index is 0.174. The third-order valence-electron chi connectivity index (χ3n) is 4.13. The van der Waals surface area contributed by atoms with Gasteiger partial charge in [-0.25, -0.2) is 4.98 Å². The van der Waals surface area contributed by atoms with Crippen molar-refractivity contribution in [3.8, 4) is 0 Å². The van der Waals surface area contributed by atoms with E-state index in [1.165, 1.54) is 10.7 Å². The summed E-state index contributed by atoms with van der Waals surface area (Å²) in [5, 5.41) is 6.66. The molecule has 3 aromatic heterocycles. The monoisotopic (exact) mass is 392 g/mol. The van der Waals surface area contributed by atoms with E-state index in [9.17, 15) is 18.0 Å². The van der Waals surface area contributed by atoms with Gasteiger partial charge in [0.25, 0.3) is 5.56 Å². The highest BCUT2D eigenvalue weighted by molar-refractivity contribution is 5.29. The molecule has 0 spiro atoms. The molecule has 0 aromatic carbocycles. The summed E-state index contributed by atoms with van der Waals surface area (Å²) in [6.07, 6.45) is -2.56. The largest absolute Gasteiger partial charge is 0.435 e. The molecule has 3 rings (SSSR count). The van der Waals surface area contributed by atoms with Gasteiger partial charge in [0.2, 0.25) is 5.95 Å². The van der Waals surface area contributed by atoms with Crippen molar-refractivity contribution < 1.29 is 13.2 Å². The van der Waals surface area contributed by atoms with Crippen LogP contribution >= 0.6 is 0 Å². The standard InChI is InChI=1S/C18H19F3N6O/c1-11-9-15(18(19,20)21)26-27(11)8-6-13-10-16(28)25-17(24-13)23-12(2)14-5-3-4-7-22-14/h3-5,7,9-10,12H,6,8H2,1-2H3,(H2,23,24,25,28)/t12-/m1/s1. The Morgan fingerprint density at radius 2 is 2.07 bits per heavy atom. The van der Waals surface area contributed by atoms with Crippen molar-refractivity contribution in [3.05, 3.63) is 69.7 Å². The average Bonchev–Trinajstić information content (AvgIpc) is 3.01. The fourth-order valence-corrected chi connectivity index (χ4v) is 2.71. The van der Waals surface area contributed by atoms with Crippen LogP contribution in [0, 0.1) is 6.92 Å². The van der Waals surface area contributed by atoms with Crippen LogP contribution in [0.3, 0.4) is 0 Å². The van der Waals surface area contributed by atoms with Crippen LogP contribution in [0.25, 0.3) is 0 Å². The van der Waals surface area contributed by atoms with Gasteiger partial charge < -0.3 is 5.32 Å². The lowest BCUT2D eigenvalue weighted by molar-refractivity contribution is -0.141. The normalized spacial score (nSPS) is 12.8. The van der Waals surface area contributed by atoms with Crippen LogP contribution in [0.4, 0.5) is 19.1 Å². The fourth-order valence-electron chi connectivity index (χ4n) is 2.71. The first kappa shape index (κ1) is 19.6.